The molecular weight excluding hydrogens is 284 g/mol. The third-order valence-corrected chi connectivity index (χ3v) is 3.38. The fraction of sp³-hybridized carbons (Fsp3) is 0.385. The Hall–Kier alpha value is -1.20. The van der Waals surface area contributed by atoms with E-state index < -0.39 is 0 Å². The Kier molecular flexibility index (Phi) is 4.71. The topological polar surface area (TPSA) is 58.2 Å². The van der Waals surface area contributed by atoms with Crippen molar-refractivity contribution < 1.29 is 9.59 Å². The summed E-state index contributed by atoms with van der Waals surface area (Å²) < 4.78 is 0. The van der Waals surface area contributed by atoms with Crippen molar-refractivity contribution in [3.05, 3.63) is 28.8 Å². The number of carbonyl (C=O) groups is 2. The fourth-order valence-corrected chi connectivity index (χ4v) is 2.01. The van der Waals surface area contributed by atoms with Gasteiger partial charge in [-0.15, -0.1) is 12.6 Å². The lowest BCUT2D eigenvalue weighted by Crippen LogP contribution is -2.31. The molecule has 1 fully saturated rings. The molecule has 0 radical (unpaired) electrons. The lowest BCUT2D eigenvalue weighted by Gasteiger charge is -2.07. The molecule has 0 spiro atoms. The molecule has 0 saturated heterocycles. The average molecular weight is 299 g/mol. The van der Waals surface area contributed by atoms with Crippen LogP contribution in [0.2, 0.25) is 5.02 Å². The summed E-state index contributed by atoms with van der Waals surface area (Å²) in [4.78, 5) is 24.0. The molecule has 2 amide bonds. The highest BCUT2D eigenvalue weighted by molar-refractivity contribution is 7.80. The Bertz CT molecular complexity index is 503. The molecule has 1 aliphatic carbocycles. The van der Waals surface area contributed by atoms with Gasteiger partial charge >= 0.3 is 0 Å². The summed E-state index contributed by atoms with van der Waals surface area (Å²) in [6.45, 7) is 0.296. The molecule has 2 N–H and O–H groups in total. The first kappa shape index (κ1) is 14.2. The zero-order chi connectivity index (χ0) is 13.8. The minimum absolute atomic E-state index is 0.0307. The van der Waals surface area contributed by atoms with Gasteiger partial charge in [-0.3, -0.25) is 9.59 Å². The molecule has 4 nitrogen and oxygen atoms in total. The second-order valence-electron chi connectivity index (χ2n) is 4.51. The van der Waals surface area contributed by atoms with Gasteiger partial charge in [0.05, 0.1) is 10.6 Å². The summed E-state index contributed by atoms with van der Waals surface area (Å²) in [7, 11) is 0. The van der Waals surface area contributed by atoms with Gasteiger partial charge in [0.15, 0.2) is 0 Å². The van der Waals surface area contributed by atoms with Crippen molar-refractivity contribution in [3.63, 3.8) is 0 Å². The highest BCUT2D eigenvalue weighted by Gasteiger charge is 2.22. The van der Waals surface area contributed by atoms with Gasteiger partial charge in [-0.25, -0.2) is 0 Å². The predicted octanol–water partition coefficient (Wildman–Crippen LogP) is 2.03. The first-order valence-corrected chi connectivity index (χ1v) is 6.95. The van der Waals surface area contributed by atoms with Gasteiger partial charge in [-0.05, 0) is 31.0 Å². The number of benzene rings is 1. The van der Waals surface area contributed by atoms with E-state index in [9.17, 15) is 9.59 Å². The van der Waals surface area contributed by atoms with Gasteiger partial charge in [0.1, 0.15) is 0 Å². The number of carbonyl (C=O) groups excluding carboxylic acids is 2. The van der Waals surface area contributed by atoms with Crippen molar-refractivity contribution in [1.82, 2.24) is 10.6 Å². The minimum atomic E-state index is -0.292. The predicted molar refractivity (Wildman–Crippen MR) is 76.8 cm³/mol. The molecule has 1 saturated carbocycles. The maximum atomic E-state index is 11.9. The molecule has 6 heteroatoms. The summed E-state index contributed by atoms with van der Waals surface area (Å²) >= 11 is 10.1. The van der Waals surface area contributed by atoms with Gasteiger partial charge in [0.2, 0.25) is 5.91 Å². The maximum absolute atomic E-state index is 11.9. The Balaban J connectivity index is 1.80. The van der Waals surface area contributed by atoms with Crippen molar-refractivity contribution in [2.45, 2.75) is 30.2 Å². The van der Waals surface area contributed by atoms with Crippen LogP contribution in [0.5, 0.6) is 0 Å². The molecule has 1 aromatic rings. The molecule has 0 aromatic heterocycles. The zero-order valence-corrected chi connectivity index (χ0v) is 11.9. The lowest BCUT2D eigenvalue weighted by molar-refractivity contribution is -0.121. The van der Waals surface area contributed by atoms with E-state index in [0.717, 1.165) is 12.8 Å². The Labute approximate surface area is 122 Å². The van der Waals surface area contributed by atoms with E-state index in [1.54, 1.807) is 18.2 Å². The molecule has 0 heterocycles. The average Bonchev–Trinajstić information content (AvgIpc) is 3.16. The van der Waals surface area contributed by atoms with Crippen LogP contribution in [0.15, 0.2) is 23.1 Å². The first-order chi connectivity index (χ1) is 9.06. The standard InChI is InChI=1S/C13H15ClN2O2S/c14-11-4-3-9(19)7-10(11)13(18)15-6-5-12(17)16-8-1-2-8/h3-4,7-8,19H,1-2,5-6H2,(H,15,18)(H,16,17). The van der Waals surface area contributed by atoms with E-state index in [2.05, 4.69) is 23.3 Å². The molecule has 19 heavy (non-hydrogen) atoms. The molecule has 0 bridgehead atoms. The number of nitrogens with one attached hydrogen (secondary N) is 2. The lowest BCUT2D eigenvalue weighted by atomic mass is 10.2. The third-order valence-electron chi connectivity index (χ3n) is 2.77. The van der Waals surface area contributed by atoms with E-state index in [1.165, 1.54) is 0 Å². The summed E-state index contributed by atoms with van der Waals surface area (Å²) in [5, 5.41) is 5.91. The van der Waals surface area contributed by atoms with Crippen LogP contribution in [0.1, 0.15) is 29.6 Å². The summed E-state index contributed by atoms with van der Waals surface area (Å²) in [6.07, 6.45) is 2.39. The van der Waals surface area contributed by atoms with Crippen LogP contribution in [-0.2, 0) is 4.79 Å². The highest BCUT2D eigenvalue weighted by atomic mass is 35.5. The molecule has 1 aromatic carbocycles. The smallest absolute Gasteiger partial charge is 0.252 e. The minimum Gasteiger partial charge on any atom is -0.353 e. The van der Waals surface area contributed by atoms with Gasteiger partial charge in [0.25, 0.3) is 5.91 Å². The van der Waals surface area contributed by atoms with Crippen molar-refractivity contribution in [2.75, 3.05) is 6.54 Å². The van der Waals surface area contributed by atoms with E-state index in [1.807, 2.05) is 0 Å². The highest BCUT2D eigenvalue weighted by Crippen LogP contribution is 2.20. The van der Waals surface area contributed by atoms with E-state index in [4.69, 9.17) is 11.6 Å². The van der Waals surface area contributed by atoms with Gasteiger partial charge < -0.3 is 10.6 Å². The van der Waals surface area contributed by atoms with Crippen LogP contribution in [0.4, 0.5) is 0 Å². The van der Waals surface area contributed by atoms with Gasteiger partial charge in [-0.2, -0.15) is 0 Å². The number of hydrogen-bond acceptors (Lipinski definition) is 3. The first-order valence-electron chi connectivity index (χ1n) is 6.12. The molecular formula is C13H15ClN2O2S. The van der Waals surface area contributed by atoms with Crippen molar-refractivity contribution in [3.8, 4) is 0 Å². The van der Waals surface area contributed by atoms with Gasteiger partial charge in [-0.1, -0.05) is 11.6 Å². The third kappa shape index (κ3) is 4.44. The van der Waals surface area contributed by atoms with Crippen molar-refractivity contribution in [1.29, 1.82) is 0 Å². The number of halogens is 1. The van der Waals surface area contributed by atoms with Gasteiger partial charge in [0, 0.05) is 23.9 Å². The second kappa shape index (κ2) is 6.30. The zero-order valence-electron chi connectivity index (χ0n) is 10.3. The Morgan fingerprint density at radius 2 is 2.11 bits per heavy atom. The van der Waals surface area contributed by atoms with Crippen LogP contribution in [0.25, 0.3) is 0 Å². The molecule has 102 valence electrons. The number of hydrogen-bond donors (Lipinski definition) is 3. The molecule has 2 rings (SSSR count). The second-order valence-corrected chi connectivity index (χ2v) is 5.44. The SMILES string of the molecule is O=C(CCNC(=O)c1cc(S)ccc1Cl)NC1CC1. The monoisotopic (exact) mass is 298 g/mol. The van der Waals surface area contributed by atoms with E-state index in [-0.39, 0.29) is 18.2 Å². The van der Waals surface area contributed by atoms with Crippen LogP contribution in [0.3, 0.4) is 0 Å². The summed E-state index contributed by atoms with van der Waals surface area (Å²) in [5.41, 5.74) is 0.372. The van der Waals surface area contributed by atoms with E-state index >= 15 is 0 Å². The van der Waals surface area contributed by atoms with Crippen LogP contribution in [0, 0.1) is 0 Å². The largest absolute Gasteiger partial charge is 0.353 e. The fourth-order valence-electron chi connectivity index (χ4n) is 1.60. The molecule has 1 aliphatic rings. The number of rotatable bonds is 5. The Morgan fingerprint density at radius 3 is 2.79 bits per heavy atom. The van der Waals surface area contributed by atoms with Crippen molar-refractivity contribution in [2.24, 2.45) is 0 Å². The molecule has 0 aliphatic heterocycles. The van der Waals surface area contributed by atoms with Crippen LogP contribution in [-0.4, -0.2) is 24.4 Å². The Morgan fingerprint density at radius 1 is 1.37 bits per heavy atom. The maximum Gasteiger partial charge on any atom is 0.252 e. The summed E-state index contributed by atoms with van der Waals surface area (Å²) in [6, 6.07) is 5.29. The number of amides is 2. The quantitative estimate of drug-likeness (QED) is 0.729. The van der Waals surface area contributed by atoms with Crippen molar-refractivity contribution >= 4 is 36.0 Å². The normalized spacial score (nSPS) is 14.0. The summed E-state index contributed by atoms with van der Waals surface area (Å²) in [5.74, 6) is -0.322. The van der Waals surface area contributed by atoms with Crippen LogP contribution >= 0.6 is 24.2 Å². The molecule has 0 unspecified atom stereocenters. The van der Waals surface area contributed by atoms with Crippen LogP contribution < -0.4 is 10.6 Å². The number of thiol groups is 1. The van der Waals surface area contributed by atoms with E-state index in [0.29, 0.717) is 28.1 Å². The molecule has 0 atom stereocenters.